The number of aromatic hydroxyl groups is 1. The molecule has 5 heteroatoms. The number of furan rings is 1. The molecule has 1 N–H and O–H groups in total. The van der Waals surface area contributed by atoms with E-state index in [4.69, 9.17) is 4.42 Å². The van der Waals surface area contributed by atoms with Crippen molar-refractivity contribution in [3.05, 3.63) is 97.6 Å². The van der Waals surface area contributed by atoms with Gasteiger partial charge in [0.05, 0.1) is 14.5 Å². The molecule has 0 amide bonds. The molecule has 0 saturated carbocycles. The van der Waals surface area contributed by atoms with Crippen LogP contribution in [0.25, 0.3) is 11.0 Å². The van der Waals surface area contributed by atoms with E-state index in [0.717, 1.165) is 36.7 Å². The lowest BCUT2D eigenvalue weighted by atomic mass is 9.97. The van der Waals surface area contributed by atoms with Gasteiger partial charge in [-0.15, -0.1) is 0 Å². The highest BCUT2D eigenvalue weighted by atomic mass is 79.9. The number of hydrogen-bond donors (Lipinski definition) is 1. The van der Waals surface area contributed by atoms with E-state index in [0.29, 0.717) is 32.3 Å². The van der Waals surface area contributed by atoms with Crippen molar-refractivity contribution in [2.24, 2.45) is 0 Å². The van der Waals surface area contributed by atoms with Crippen LogP contribution in [0.5, 0.6) is 5.75 Å². The van der Waals surface area contributed by atoms with E-state index in [1.54, 1.807) is 12.1 Å². The molecule has 0 fully saturated rings. The fraction of sp³-hybridized carbons (Fsp3) is 0.222. The third-order valence-electron chi connectivity index (χ3n) is 5.58. The summed E-state index contributed by atoms with van der Waals surface area (Å²) in [6, 6.07) is 20.0. The number of ketones is 1. The van der Waals surface area contributed by atoms with Crippen LogP contribution in [-0.4, -0.2) is 10.9 Å². The van der Waals surface area contributed by atoms with Crippen molar-refractivity contribution in [3.8, 4) is 5.75 Å². The number of rotatable bonds is 8. The Labute approximate surface area is 204 Å². The van der Waals surface area contributed by atoms with Crippen molar-refractivity contribution >= 4 is 48.6 Å². The molecular weight excluding hydrogens is 532 g/mol. The number of hydrogen-bond acceptors (Lipinski definition) is 3. The van der Waals surface area contributed by atoms with Gasteiger partial charge in [-0.05, 0) is 86.9 Å². The summed E-state index contributed by atoms with van der Waals surface area (Å²) in [4.78, 5) is 13.5. The third kappa shape index (κ3) is 4.84. The number of carbonyl (C=O) groups excluding carboxylic acids is 1. The minimum atomic E-state index is -0.106. The highest BCUT2D eigenvalue weighted by Gasteiger charge is 2.23. The first-order chi connectivity index (χ1) is 15.5. The van der Waals surface area contributed by atoms with Gasteiger partial charge in [-0.2, -0.15) is 0 Å². The van der Waals surface area contributed by atoms with Gasteiger partial charge in [0, 0.05) is 17.4 Å². The van der Waals surface area contributed by atoms with Gasteiger partial charge in [-0.1, -0.05) is 49.4 Å². The van der Waals surface area contributed by atoms with Gasteiger partial charge in [-0.3, -0.25) is 4.79 Å². The number of aryl methyl sites for hydroxylation is 3. The first-order valence-electron chi connectivity index (χ1n) is 10.8. The summed E-state index contributed by atoms with van der Waals surface area (Å²) in [5.74, 6) is 0.687. The third-order valence-corrected chi connectivity index (χ3v) is 6.79. The summed E-state index contributed by atoms with van der Waals surface area (Å²) >= 11 is 6.64. The van der Waals surface area contributed by atoms with Crippen LogP contribution in [0.2, 0.25) is 0 Å². The van der Waals surface area contributed by atoms with Gasteiger partial charge >= 0.3 is 0 Å². The molecule has 1 heterocycles. The van der Waals surface area contributed by atoms with Crippen LogP contribution in [0.3, 0.4) is 0 Å². The summed E-state index contributed by atoms with van der Waals surface area (Å²) in [7, 11) is 0. The Balaban J connectivity index is 1.63. The minimum absolute atomic E-state index is 0.0764. The zero-order valence-corrected chi connectivity index (χ0v) is 21.0. The lowest BCUT2D eigenvalue weighted by molar-refractivity contribution is 0.103. The fourth-order valence-corrected chi connectivity index (χ4v) is 5.17. The Bertz CT molecular complexity index is 1240. The van der Waals surface area contributed by atoms with Crippen LogP contribution in [0.1, 0.15) is 52.6 Å². The van der Waals surface area contributed by atoms with E-state index in [1.807, 2.05) is 12.1 Å². The van der Waals surface area contributed by atoms with E-state index in [2.05, 4.69) is 75.2 Å². The van der Waals surface area contributed by atoms with E-state index in [-0.39, 0.29) is 11.5 Å². The second-order valence-corrected chi connectivity index (χ2v) is 9.65. The second kappa shape index (κ2) is 10.1. The fourth-order valence-electron chi connectivity index (χ4n) is 3.98. The number of phenolic OH excluding ortho intramolecular Hbond substituents is 1. The monoisotopic (exact) mass is 554 g/mol. The highest BCUT2D eigenvalue weighted by molar-refractivity contribution is 9.11. The quantitative estimate of drug-likeness (QED) is 0.224. The van der Waals surface area contributed by atoms with Gasteiger partial charge in [-0.25, -0.2) is 0 Å². The van der Waals surface area contributed by atoms with E-state index >= 15 is 0 Å². The lowest BCUT2D eigenvalue weighted by Gasteiger charge is -2.06. The second-order valence-electron chi connectivity index (χ2n) is 7.94. The first kappa shape index (κ1) is 22.8. The molecule has 4 rings (SSSR count). The van der Waals surface area contributed by atoms with Crippen molar-refractivity contribution in [1.82, 2.24) is 0 Å². The molecule has 0 aliphatic carbocycles. The molecule has 3 aromatic carbocycles. The Kier molecular flexibility index (Phi) is 7.17. The Morgan fingerprint density at radius 3 is 2.28 bits per heavy atom. The molecule has 3 nitrogen and oxygen atoms in total. The summed E-state index contributed by atoms with van der Waals surface area (Å²) in [5.41, 5.74) is 4.41. The molecule has 0 aliphatic heterocycles. The van der Waals surface area contributed by atoms with Gasteiger partial charge in [0.1, 0.15) is 17.1 Å². The van der Waals surface area contributed by atoms with Crippen LogP contribution < -0.4 is 0 Å². The average molecular weight is 556 g/mol. The minimum Gasteiger partial charge on any atom is -0.506 e. The zero-order valence-electron chi connectivity index (χ0n) is 17.8. The predicted molar refractivity (Wildman–Crippen MR) is 136 cm³/mol. The summed E-state index contributed by atoms with van der Waals surface area (Å²) in [6.07, 6.45) is 4.62. The molecule has 0 bridgehead atoms. The smallest absolute Gasteiger partial charge is 0.197 e. The summed E-state index contributed by atoms with van der Waals surface area (Å²) in [6.45, 7) is 2.07. The molecule has 0 atom stereocenters. The number of fused-ring (bicyclic) bond motifs is 1. The van der Waals surface area contributed by atoms with Crippen molar-refractivity contribution in [1.29, 1.82) is 0 Å². The lowest BCUT2D eigenvalue weighted by Crippen LogP contribution is -2.04. The SMILES string of the molecule is CCCc1oc2cc(CCCc3ccccc3)ccc2c1C(=O)c1cc(Br)c(O)c(Br)c1. The Morgan fingerprint density at radius 1 is 0.906 bits per heavy atom. The van der Waals surface area contributed by atoms with Crippen LogP contribution >= 0.6 is 31.9 Å². The molecule has 0 aliphatic rings. The first-order valence-corrected chi connectivity index (χ1v) is 12.4. The number of phenols is 1. The van der Waals surface area contributed by atoms with Gasteiger partial charge < -0.3 is 9.52 Å². The number of carbonyl (C=O) groups is 1. The van der Waals surface area contributed by atoms with Gasteiger partial charge in [0.2, 0.25) is 0 Å². The molecule has 0 unspecified atom stereocenters. The predicted octanol–water partition coefficient (Wildman–Crippen LogP) is 8.02. The normalized spacial score (nSPS) is 11.2. The maximum Gasteiger partial charge on any atom is 0.197 e. The Morgan fingerprint density at radius 2 is 1.59 bits per heavy atom. The van der Waals surface area contributed by atoms with E-state index in [1.165, 1.54) is 11.1 Å². The van der Waals surface area contributed by atoms with Crippen LogP contribution in [0.15, 0.2) is 74.0 Å². The average Bonchev–Trinajstić information content (AvgIpc) is 3.14. The van der Waals surface area contributed by atoms with Crippen LogP contribution in [0, 0.1) is 0 Å². The van der Waals surface area contributed by atoms with Crippen molar-refractivity contribution < 1.29 is 14.3 Å². The standard InChI is InChI=1S/C27H24Br2O3/c1-2-7-23-25(26(30)19-15-21(28)27(31)22(29)16-19)20-13-12-18(14-24(20)32-23)11-6-10-17-8-4-3-5-9-17/h3-5,8-9,12-16,31H,2,6-7,10-11H2,1H3. The largest absolute Gasteiger partial charge is 0.506 e. The maximum atomic E-state index is 13.5. The molecular formula is C27H24Br2O3. The molecule has 1 aromatic heterocycles. The van der Waals surface area contributed by atoms with Crippen LogP contribution in [0.4, 0.5) is 0 Å². The molecule has 0 saturated heterocycles. The van der Waals surface area contributed by atoms with Crippen molar-refractivity contribution in [2.45, 2.75) is 39.0 Å². The van der Waals surface area contributed by atoms with Gasteiger partial charge in [0.25, 0.3) is 0 Å². The van der Waals surface area contributed by atoms with E-state index < -0.39 is 0 Å². The molecule has 32 heavy (non-hydrogen) atoms. The summed E-state index contributed by atoms with van der Waals surface area (Å²) in [5, 5.41) is 10.8. The zero-order chi connectivity index (χ0) is 22.7. The number of benzene rings is 3. The topological polar surface area (TPSA) is 50.4 Å². The van der Waals surface area contributed by atoms with Crippen molar-refractivity contribution in [2.75, 3.05) is 0 Å². The van der Waals surface area contributed by atoms with Crippen LogP contribution in [-0.2, 0) is 19.3 Å². The molecule has 0 spiro atoms. The summed E-state index contributed by atoms with van der Waals surface area (Å²) < 4.78 is 7.12. The Hall–Kier alpha value is -2.37. The van der Waals surface area contributed by atoms with E-state index in [9.17, 15) is 9.90 Å². The molecule has 164 valence electrons. The maximum absolute atomic E-state index is 13.5. The highest BCUT2D eigenvalue weighted by Crippen LogP contribution is 2.36. The van der Waals surface area contributed by atoms with Crippen molar-refractivity contribution in [3.63, 3.8) is 0 Å². The molecule has 4 aromatic rings. The van der Waals surface area contributed by atoms with Gasteiger partial charge in [0.15, 0.2) is 5.78 Å². The number of halogens is 2. The molecule has 0 radical (unpaired) electrons.